The van der Waals surface area contributed by atoms with E-state index < -0.39 is 18.6 Å². The molecule has 1 amide bonds. The van der Waals surface area contributed by atoms with Crippen LogP contribution >= 0.6 is 33.9 Å². The Kier molecular flexibility index (Phi) is 3.76. The number of carbonyl (C=O) groups is 1. The van der Waals surface area contributed by atoms with Crippen molar-refractivity contribution in [3.8, 4) is 0 Å². The summed E-state index contributed by atoms with van der Waals surface area (Å²) in [5.74, 6) is -0.693. The van der Waals surface area contributed by atoms with Crippen molar-refractivity contribution < 1.29 is 18.0 Å². The molecule has 7 heteroatoms. The van der Waals surface area contributed by atoms with Crippen molar-refractivity contribution in [3.05, 3.63) is 19.9 Å². The molecule has 2 nitrogen and oxygen atoms in total. The van der Waals surface area contributed by atoms with Gasteiger partial charge in [-0.15, -0.1) is 11.3 Å². The van der Waals surface area contributed by atoms with Crippen LogP contribution in [-0.2, 0) is 0 Å². The van der Waals surface area contributed by atoms with E-state index in [2.05, 4.69) is 0 Å². The molecule has 0 unspecified atom stereocenters. The molecule has 0 saturated heterocycles. The molecule has 78 valence electrons. The van der Waals surface area contributed by atoms with Crippen LogP contribution in [0.15, 0.2) is 11.4 Å². The van der Waals surface area contributed by atoms with Gasteiger partial charge in [0, 0.05) is 5.38 Å². The van der Waals surface area contributed by atoms with Gasteiger partial charge in [-0.2, -0.15) is 13.2 Å². The van der Waals surface area contributed by atoms with Crippen LogP contribution in [-0.4, -0.2) is 18.6 Å². The minimum atomic E-state index is -4.36. The van der Waals surface area contributed by atoms with Crippen LogP contribution in [0.5, 0.6) is 0 Å². The SMILES string of the molecule is O=C(NCC(F)(F)F)c1csc(I)c1. The van der Waals surface area contributed by atoms with Gasteiger partial charge in [-0.1, -0.05) is 0 Å². The van der Waals surface area contributed by atoms with Gasteiger partial charge in [0.05, 0.1) is 8.45 Å². The number of alkyl halides is 3. The van der Waals surface area contributed by atoms with Gasteiger partial charge in [-0.3, -0.25) is 4.79 Å². The molecule has 1 aromatic heterocycles. The molecular formula is C7H5F3INOS. The summed E-state index contributed by atoms with van der Waals surface area (Å²) in [5.41, 5.74) is 0.267. The van der Waals surface area contributed by atoms with Crippen molar-refractivity contribution in [1.82, 2.24) is 5.32 Å². The Balaban J connectivity index is 2.52. The molecule has 0 fully saturated rings. The van der Waals surface area contributed by atoms with E-state index in [-0.39, 0.29) is 5.56 Å². The van der Waals surface area contributed by atoms with E-state index in [9.17, 15) is 18.0 Å². The lowest BCUT2D eigenvalue weighted by atomic mass is 10.3. The van der Waals surface area contributed by atoms with E-state index >= 15 is 0 Å². The Morgan fingerprint density at radius 3 is 2.64 bits per heavy atom. The lowest BCUT2D eigenvalue weighted by Crippen LogP contribution is -2.33. The van der Waals surface area contributed by atoms with Gasteiger partial charge >= 0.3 is 6.18 Å². The van der Waals surface area contributed by atoms with Crippen LogP contribution in [0.2, 0.25) is 0 Å². The van der Waals surface area contributed by atoms with E-state index in [1.165, 1.54) is 22.8 Å². The third kappa shape index (κ3) is 3.82. The molecular weight excluding hydrogens is 330 g/mol. The van der Waals surface area contributed by atoms with Gasteiger partial charge in [0.2, 0.25) is 0 Å². The molecule has 0 aliphatic carbocycles. The van der Waals surface area contributed by atoms with Crippen molar-refractivity contribution in [2.45, 2.75) is 6.18 Å². The standard InChI is InChI=1S/C7H5F3INOS/c8-7(9,10)3-12-6(13)4-1-5(11)14-2-4/h1-2H,3H2,(H,12,13). The van der Waals surface area contributed by atoms with E-state index in [4.69, 9.17) is 0 Å². The summed E-state index contributed by atoms with van der Waals surface area (Å²) in [6.45, 7) is -1.29. The van der Waals surface area contributed by atoms with E-state index in [1.54, 1.807) is 5.32 Å². The first-order valence-electron chi connectivity index (χ1n) is 3.47. The molecule has 1 heterocycles. The van der Waals surface area contributed by atoms with Crippen LogP contribution in [0.4, 0.5) is 13.2 Å². The fourth-order valence-corrected chi connectivity index (χ4v) is 2.04. The zero-order valence-corrected chi connectivity index (χ0v) is 9.66. The summed E-state index contributed by atoms with van der Waals surface area (Å²) in [4.78, 5) is 11.1. The Bertz CT molecular complexity index is 336. The molecule has 14 heavy (non-hydrogen) atoms. The summed E-state index contributed by atoms with van der Waals surface area (Å²) in [6, 6.07) is 1.54. The number of amides is 1. The molecule has 1 rings (SSSR count). The molecule has 0 bridgehead atoms. The highest BCUT2D eigenvalue weighted by Crippen LogP contribution is 2.17. The first-order valence-corrected chi connectivity index (χ1v) is 5.43. The normalized spacial score (nSPS) is 11.4. The largest absolute Gasteiger partial charge is 0.405 e. The summed E-state index contributed by atoms with van der Waals surface area (Å²) >= 11 is 3.31. The van der Waals surface area contributed by atoms with Crippen molar-refractivity contribution in [2.24, 2.45) is 0 Å². The second kappa shape index (κ2) is 4.47. The third-order valence-electron chi connectivity index (χ3n) is 1.28. The smallest absolute Gasteiger partial charge is 0.343 e. The van der Waals surface area contributed by atoms with Crippen molar-refractivity contribution in [1.29, 1.82) is 0 Å². The number of halogens is 4. The van der Waals surface area contributed by atoms with Crippen LogP contribution in [0, 0.1) is 2.88 Å². The Morgan fingerprint density at radius 2 is 2.21 bits per heavy atom. The number of hydrogen-bond acceptors (Lipinski definition) is 2. The minimum Gasteiger partial charge on any atom is -0.343 e. The number of thiophene rings is 1. The van der Waals surface area contributed by atoms with E-state index in [0.29, 0.717) is 0 Å². The maximum absolute atomic E-state index is 11.7. The molecule has 0 aliphatic rings. The summed E-state index contributed by atoms with van der Waals surface area (Å²) in [5, 5.41) is 3.31. The molecule has 1 N–H and O–H groups in total. The van der Waals surface area contributed by atoms with Gasteiger partial charge in [0.15, 0.2) is 0 Å². The predicted octanol–water partition coefficient (Wildman–Crippen LogP) is 2.64. The first-order chi connectivity index (χ1) is 6.38. The monoisotopic (exact) mass is 335 g/mol. The summed E-state index contributed by atoms with van der Waals surface area (Å²) in [7, 11) is 0. The molecule has 1 aromatic rings. The van der Waals surface area contributed by atoms with Gasteiger partial charge in [0.1, 0.15) is 6.54 Å². The Hall–Kier alpha value is -0.310. The average Bonchev–Trinajstić information content (AvgIpc) is 2.46. The van der Waals surface area contributed by atoms with Gasteiger partial charge in [0.25, 0.3) is 5.91 Å². The Morgan fingerprint density at radius 1 is 1.57 bits per heavy atom. The van der Waals surface area contributed by atoms with Crippen LogP contribution in [0.3, 0.4) is 0 Å². The van der Waals surface area contributed by atoms with Gasteiger partial charge in [-0.05, 0) is 28.7 Å². The number of nitrogens with one attached hydrogen (secondary N) is 1. The maximum Gasteiger partial charge on any atom is 0.405 e. The first kappa shape index (κ1) is 11.8. The number of rotatable bonds is 2. The molecule has 0 atom stereocenters. The van der Waals surface area contributed by atoms with Crippen molar-refractivity contribution in [2.75, 3.05) is 6.54 Å². The van der Waals surface area contributed by atoms with Crippen LogP contribution in [0.25, 0.3) is 0 Å². The highest BCUT2D eigenvalue weighted by molar-refractivity contribution is 14.1. The van der Waals surface area contributed by atoms with Crippen LogP contribution in [0.1, 0.15) is 10.4 Å². The zero-order chi connectivity index (χ0) is 10.8. The molecule has 0 radical (unpaired) electrons. The second-order valence-corrected chi connectivity index (χ2v) is 5.24. The highest BCUT2D eigenvalue weighted by atomic mass is 127. The van der Waals surface area contributed by atoms with Gasteiger partial charge in [-0.25, -0.2) is 0 Å². The lowest BCUT2D eigenvalue weighted by molar-refractivity contribution is -0.123. The quantitative estimate of drug-likeness (QED) is 0.828. The highest BCUT2D eigenvalue weighted by Gasteiger charge is 2.27. The van der Waals surface area contributed by atoms with E-state index in [0.717, 1.165) is 2.88 Å². The van der Waals surface area contributed by atoms with Crippen molar-refractivity contribution >= 4 is 39.8 Å². The molecule has 0 aromatic carbocycles. The fourth-order valence-electron chi connectivity index (χ4n) is 0.712. The fraction of sp³-hybridized carbons (Fsp3) is 0.286. The van der Waals surface area contributed by atoms with Crippen LogP contribution < -0.4 is 5.32 Å². The average molecular weight is 335 g/mol. The maximum atomic E-state index is 11.7. The van der Waals surface area contributed by atoms with Crippen molar-refractivity contribution in [3.63, 3.8) is 0 Å². The Labute approximate surface area is 95.6 Å². The molecule has 0 aliphatic heterocycles. The number of hydrogen-bond donors (Lipinski definition) is 1. The predicted molar refractivity (Wildman–Crippen MR) is 55.4 cm³/mol. The van der Waals surface area contributed by atoms with E-state index in [1.807, 2.05) is 22.6 Å². The topological polar surface area (TPSA) is 29.1 Å². The number of carbonyl (C=O) groups excluding carboxylic acids is 1. The third-order valence-corrected chi connectivity index (χ3v) is 3.07. The molecule has 0 saturated carbocycles. The summed E-state index contributed by atoms with van der Waals surface area (Å²) in [6.07, 6.45) is -4.36. The summed E-state index contributed by atoms with van der Waals surface area (Å²) < 4.78 is 36.0. The lowest BCUT2D eigenvalue weighted by Gasteiger charge is -2.06. The second-order valence-electron chi connectivity index (χ2n) is 2.44. The van der Waals surface area contributed by atoms with Gasteiger partial charge < -0.3 is 5.32 Å². The minimum absolute atomic E-state index is 0.267. The zero-order valence-electron chi connectivity index (χ0n) is 6.69. The molecule has 0 spiro atoms.